The summed E-state index contributed by atoms with van der Waals surface area (Å²) in [5.41, 5.74) is 1.82. The first-order valence-electron chi connectivity index (χ1n) is 7.92. The number of aromatic nitrogens is 3. The van der Waals surface area contributed by atoms with Gasteiger partial charge in [-0.05, 0) is 23.8 Å². The van der Waals surface area contributed by atoms with Gasteiger partial charge in [0.1, 0.15) is 5.69 Å². The van der Waals surface area contributed by atoms with E-state index in [1.165, 1.54) is 15.9 Å². The van der Waals surface area contributed by atoms with Crippen molar-refractivity contribution in [3.8, 4) is 0 Å². The highest BCUT2D eigenvalue weighted by molar-refractivity contribution is 5.92. The molecule has 0 spiro atoms. The first-order valence-corrected chi connectivity index (χ1v) is 7.92. The zero-order chi connectivity index (χ0) is 19.3. The molecule has 2 heterocycles. The lowest BCUT2D eigenvalue weighted by atomic mass is 10.2. The van der Waals surface area contributed by atoms with Gasteiger partial charge in [-0.3, -0.25) is 14.6 Å². The van der Waals surface area contributed by atoms with Crippen molar-refractivity contribution in [2.45, 2.75) is 0 Å². The number of rotatable bonds is 5. The zero-order valence-electron chi connectivity index (χ0n) is 15.5. The molecule has 0 aliphatic heterocycles. The Hall–Kier alpha value is -3.29. The number of amides is 2. The van der Waals surface area contributed by atoms with Gasteiger partial charge in [-0.15, -0.1) is 0 Å². The molecule has 2 amide bonds. The number of likely N-dealkylation sites (N-methyl/N-ethyl adjacent to an activating group) is 1. The summed E-state index contributed by atoms with van der Waals surface area (Å²) < 4.78 is 0. The third-order valence-electron chi connectivity index (χ3n) is 3.56. The predicted octanol–water partition coefficient (Wildman–Crippen LogP) is 1.44. The van der Waals surface area contributed by atoms with Crippen molar-refractivity contribution in [3.05, 3.63) is 48.1 Å². The van der Waals surface area contributed by atoms with Crippen molar-refractivity contribution in [1.29, 1.82) is 0 Å². The van der Waals surface area contributed by atoms with Gasteiger partial charge in [0, 0.05) is 53.7 Å². The van der Waals surface area contributed by atoms with E-state index >= 15 is 0 Å². The first kappa shape index (κ1) is 19.0. The molecule has 0 saturated carbocycles. The van der Waals surface area contributed by atoms with Gasteiger partial charge < -0.3 is 14.7 Å². The van der Waals surface area contributed by atoms with Crippen molar-refractivity contribution in [3.63, 3.8) is 0 Å². The van der Waals surface area contributed by atoms with Crippen LogP contribution < -0.4 is 4.90 Å². The van der Waals surface area contributed by atoms with E-state index in [-0.39, 0.29) is 11.8 Å². The topological polar surface area (TPSA) is 82.5 Å². The molecule has 8 nitrogen and oxygen atoms in total. The Balaban J connectivity index is 2.26. The van der Waals surface area contributed by atoms with Crippen LogP contribution in [0.3, 0.4) is 0 Å². The third-order valence-corrected chi connectivity index (χ3v) is 3.56. The molecule has 0 N–H and O–H groups in total. The minimum absolute atomic E-state index is 0.109. The molecule has 136 valence electrons. The number of hydrogen-bond acceptors (Lipinski definition) is 6. The lowest BCUT2D eigenvalue weighted by Crippen LogP contribution is -2.24. The number of carbonyl (C=O) groups is 2. The quantitative estimate of drug-likeness (QED) is 0.756. The molecule has 0 saturated heterocycles. The molecule has 2 aromatic heterocycles. The van der Waals surface area contributed by atoms with Crippen LogP contribution in [0, 0.1) is 0 Å². The molecular weight excluding hydrogens is 332 g/mol. The molecule has 0 unspecified atom stereocenters. The third kappa shape index (κ3) is 4.62. The molecule has 0 atom stereocenters. The summed E-state index contributed by atoms with van der Waals surface area (Å²) in [7, 11) is 8.50. The molecule has 0 bridgehead atoms. The fraction of sp³-hybridized carbons (Fsp3) is 0.278. The first-order chi connectivity index (χ1) is 12.3. The van der Waals surface area contributed by atoms with Gasteiger partial charge in [-0.25, -0.2) is 9.97 Å². The van der Waals surface area contributed by atoms with Gasteiger partial charge in [-0.2, -0.15) is 0 Å². The van der Waals surface area contributed by atoms with E-state index in [1.54, 1.807) is 70.9 Å². The van der Waals surface area contributed by atoms with E-state index in [0.717, 1.165) is 11.3 Å². The minimum Gasteiger partial charge on any atom is -0.345 e. The van der Waals surface area contributed by atoms with Crippen LogP contribution in [0.4, 0.5) is 11.6 Å². The van der Waals surface area contributed by atoms with E-state index in [9.17, 15) is 9.59 Å². The molecule has 26 heavy (non-hydrogen) atoms. The summed E-state index contributed by atoms with van der Waals surface area (Å²) >= 11 is 0. The normalized spacial score (nSPS) is 10.7. The highest BCUT2D eigenvalue weighted by Gasteiger charge is 2.14. The molecule has 0 aromatic carbocycles. The monoisotopic (exact) mass is 354 g/mol. The van der Waals surface area contributed by atoms with Crippen molar-refractivity contribution in [1.82, 2.24) is 24.8 Å². The smallest absolute Gasteiger partial charge is 0.272 e. The Morgan fingerprint density at radius 1 is 1.04 bits per heavy atom. The zero-order valence-corrected chi connectivity index (χ0v) is 15.5. The van der Waals surface area contributed by atoms with Gasteiger partial charge in [0.05, 0.1) is 11.9 Å². The number of pyridine rings is 1. The number of hydrogen-bond donors (Lipinski definition) is 0. The molecule has 0 radical (unpaired) electrons. The van der Waals surface area contributed by atoms with Crippen LogP contribution in [0.1, 0.15) is 16.1 Å². The number of anilines is 2. The van der Waals surface area contributed by atoms with E-state index in [0.29, 0.717) is 11.6 Å². The van der Waals surface area contributed by atoms with Crippen molar-refractivity contribution >= 4 is 29.5 Å². The second kappa shape index (κ2) is 8.19. The maximum atomic E-state index is 12.1. The number of nitrogens with zero attached hydrogens (tertiary/aromatic N) is 6. The molecule has 0 aliphatic rings. The standard InChI is InChI=1S/C18H22N6O2/c1-22(2)16(25)7-6-13-10-14(12-19-11-13)24(5)18-20-9-8-15(21-18)17(26)23(3)4/h6-12H,1-5H3/b7-6+. The van der Waals surface area contributed by atoms with Crippen LogP contribution >= 0.6 is 0 Å². The van der Waals surface area contributed by atoms with Crippen LogP contribution in [0.5, 0.6) is 0 Å². The summed E-state index contributed by atoms with van der Waals surface area (Å²) in [5, 5.41) is 0. The molecule has 0 aliphatic carbocycles. The maximum Gasteiger partial charge on any atom is 0.272 e. The Morgan fingerprint density at radius 2 is 1.77 bits per heavy atom. The van der Waals surface area contributed by atoms with Crippen molar-refractivity contribution in [2.75, 3.05) is 40.1 Å². The second-order valence-corrected chi connectivity index (χ2v) is 6.04. The lowest BCUT2D eigenvalue weighted by Gasteiger charge is -2.18. The Morgan fingerprint density at radius 3 is 2.42 bits per heavy atom. The van der Waals surface area contributed by atoms with E-state index in [2.05, 4.69) is 15.0 Å². The lowest BCUT2D eigenvalue weighted by molar-refractivity contribution is -0.123. The Labute approximate surface area is 152 Å². The van der Waals surface area contributed by atoms with Gasteiger partial charge in [0.15, 0.2) is 0 Å². The average Bonchev–Trinajstić information content (AvgIpc) is 2.64. The van der Waals surface area contributed by atoms with Crippen LogP contribution in [0.15, 0.2) is 36.8 Å². The van der Waals surface area contributed by atoms with Gasteiger partial charge in [0.2, 0.25) is 11.9 Å². The Kier molecular flexibility index (Phi) is 6.00. The average molecular weight is 354 g/mol. The van der Waals surface area contributed by atoms with Crippen LogP contribution in [-0.2, 0) is 4.79 Å². The molecule has 2 aromatic rings. The van der Waals surface area contributed by atoms with Gasteiger partial charge >= 0.3 is 0 Å². The Bertz CT molecular complexity index is 832. The minimum atomic E-state index is -0.195. The summed E-state index contributed by atoms with van der Waals surface area (Å²) in [6, 6.07) is 3.43. The highest BCUT2D eigenvalue weighted by atomic mass is 16.2. The summed E-state index contributed by atoms with van der Waals surface area (Å²) in [5.74, 6) is 0.0750. The van der Waals surface area contributed by atoms with Crippen molar-refractivity contribution < 1.29 is 9.59 Å². The molecule has 2 rings (SSSR count). The van der Waals surface area contributed by atoms with E-state index in [4.69, 9.17) is 0 Å². The molecule has 0 fully saturated rings. The SMILES string of the molecule is CN(C)C(=O)/C=C/c1cncc(N(C)c2nccc(C(=O)N(C)C)n2)c1. The highest BCUT2D eigenvalue weighted by Crippen LogP contribution is 2.20. The molecular formula is C18H22N6O2. The predicted molar refractivity (Wildman–Crippen MR) is 100 cm³/mol. The molecule has 8 heteroatoms. The van der Waals surface area contributed by atoms with Crippen LogP contribution in [0.25, 0.3) is 6.08 Å². The van der Waals surface area contributed by atoms with Crippen LogP contribution in [0.2, 0.25) is 0 Å². The van der Waals surface area contributed by atoms with E-state index in [1.807, 2.05) is 6.07 Å². The van der Waals surface area contributed by atoms with Gasteiger partial charge in [-0.1, -0.05) is 0 Å². The fourth-order valence-electron chi connectivity index (χ4n) is 2.01. The van der Waals surface area contributed by atoms with Crippen LogP contribution in [-0.4, -0.2) is 71.8 Å². The fourth-order valence-corrected chi connectivity index (χ4v) is 2.01. The summed E-state index contributed by atoms with van der Waals surface area (Å²) in [6.07, 6.45) is 8.04. The maximum absolute atomic E-state index is 12.1. The van der Waals surface area contributed by atoms with Crippen molar-refractivity contribution in [2.24, 2.45) is 0 Å². The second-order valence-electron chi connectivity index (χ2n) is 6.04. The summed E-state index contributed by atoms with van der Waals surface area (Å²) in [4.78, 5) is 41.1. The largest absolute Gasteiger partial charge is 0.345 e. The van der Waals surface area contributed by atoms with E-state index < -0.39 is 0 Å². The summed E-state index contributed by atoms with van der Waals surface area (Å²) in [6.45, 7) is 0. The van der Waals surface area contributed by atoms with Gasteiger partial charge in [0.25, 0.3) is 5.91 Å². The number of carbonyl (C=O) groups excluding carboxylic acids is 2.